The fourth-order valence-electron chi connectivity index (χ4n) is 5.26. The second-order valence-electron chi connectivity index (χ2n) is 9.38. The van der Waals surface area contributed by atoms with E-state index in [-0.39, 0.29) is 18.1 Å². The molecule has 0 fully saturated rings. The monoisotopic (exact) mass is 471 g/mol. The number of nitrogens with one attached hydrogen (secondary N) is 1. The van der Waals surface area contributed by atoms with Crippen LogP contribution in [0.25, 0.3) is 0 Å². The lowest BCUT2D eigenvalue weighted by molar-refractivity contribution is -0.127. The predicted molar refractivity (Wildman–Crippen MR) is 132 cm³/mol. The Balaban J connectivity index is 1.43. The molecule has 0 bridgehead atoms. The number of methoxy groups -OCH3 is 2. The fraction of sp³-hybridized carbons (Fsp3) is 0.310. The van der Waals surface area contributed by atoms with E-state index in [4.69, 9.17) is 14.2 Å². The summed E-state index contributed by atoms with van der Waals surface area (Å²) in [6.07, 6.45) is 1.83. The van der Waals surface area contributed by atoms with E-state index >= 15 is 0 Å². The van der Waals surface area contributed by atoms with Crippen molar-refractivity contribution in [2.24, 2.45) is 0 Å². The average molecular weight is 472 g/mol. The van der Waals surface area contributed by atoms with E-state index in [1.807, 2.05) is 61.5 Å². The summed E-state index contributed by atoms with van der Waals surface area (Å²) in [6.45, 7) is 2.02. The molecule has 6 nitrogen and oxygen atoms in total. The standard InChI is InChI=1S/C29H29NO5/c1-29(14-13-18-16-21(33-2)11-12-23(18)29)28(32)30-24-17-26(35-25-10-5-4-9-22(24)25)19-7-6-8-20(15-19)27(31)34-3/h4-12,15-16,24,26H,13-14,17H2,1-3H3,(H,30,32)/t24-,26-,29-/m1/s1. The Morgan fingerprint density at radius 2 is 1.86 bits per heavy atom. The minimum atomic E-state index is -0.616. The van der Waals surface area contributed by atoms with Crippen molar-refractivity contribution in [2.45, 2.75) is 43.7 Å². The van der Waals surface area contributed by atoms with Crippen molar-refractivity contribution >= 4 is 11.9 Å². The van der Waals surface area contributed by atoms with Crippen molar-refractivity contribution in [2.75, 3.05) is 14.2 Å². The van der Waals surface area contributed by atoms with Gasteiger partial charge in [-0.05, 0) is 66.8 Å². The van der Waals surface area contributed by atoms with Crippen LogP contribution in [-0.4, -0.2) is 26.1 Å². The van der Waals surface area contributed by atoms with Gasteiger partial charge < -0.3 is 19.5 Å². The molecule has 5 rings (SSSR count). The van der Waals surface area contributed by atoms with Crippen molar-refractivity contribution in [1.29, 1.82) is 0 Å². The second kappa shape index (κ2) is 9.10. The molecule has 35 heavy (non-hydrogen) atoms. The first kappa shape index (κ1) is 23.0. The molecule has 0 aromatic heterocycles. The highest BCUT2D eigenvalue weighted by atomic mass is 16.5. The van der Waals surface area contributed by atoms with Gasteiger partial charge in [0, 0.05) is 12.0 Å². The van der Waals surface area contributed by atoms with Gasteiger partial charge in [-0.15, -0.1) is 0 Å². The molecule has 0 radical (unpaired) electrons. The van der Waals surface area contributed by atoms with Gasteiger partial charge in [0.2, 0.25) is 5.91 Å². The van der Waals surface area contributed by atoms with Crippen LogP contribution in [0.3, 0.4) is 0 Å². The lowest BCUT2D eigenvalue weighted by Gasteiger charge is -2.35. The molecule has 1 N–H and O–H groups in total. The first-order valence-corrected chi connectivity index (χ1v) is 11.8. The van der Waals surface area contributed by atoms with Crippen molar-refractivity contribution in [1.82, 2.24) is 5.32 Å². The number of carbonyl (C=O) groups is 2. The van der Waals surface area contributed by atoms with E-state index < -0.39 is 11.4 Å². The number of para-hydroxylation sites is 1. The minimum Gasteiger partial charge on any atom is -0.497 e. The first-order chi connectivity index (χ1) is 16.9. The normalized spacial score (nSPS) is 22.4. The Hall–Kier alpha value is -3.80. The number of fused-ring (bicyclic) bond motifs is 2. The number of hydrogen-bond donors (Lipinski definition) is 1. The number of benzene rings is 3. The fourth-order valence-corrected chi connectivity index (χ4v) is 5.26. The lowest BCUT2D eigenvalue weighted by atomic mass is 9.82. The summed E-state index contributed by atoms with van der Waals surface area (Å²) in [5.41, 5.74) is 3.89. The second-order valence-corrected chi connectivity index (χ2v) is 9.38. The summed E-state index contributed by atoms with van der Waals surface area (Å²) in [4.78, 5) is 25.8. The maximum atomic E-state index is 13.7. The van der Waals surface area contributed by atoms with Crippen LogP contribution in [-0.2, 0) is 21.4 Å². The van der Waals surface area contributed by atoms with E-state index in [0.717, 1.165) is 46.6 Å². The molecular formula is C29H29NO5. The zero-order chi connectivity index (χ0) is 24.6. The molecule has 3 aromatic carbocycles. The van der Waals surface area contributed by atoms with Crippen LogP contribution in [0.4, 0.5) is 0 Å². The molecular weight excluding hydrogens is 442 g/mol. The van der Waals surface area contributed by atoms with Crippen LogP contribution in [0.5, 0.6) is 11.5 Å². The van der Waals surface area contributed by atoms with E-state index in [1.54, 1.807) is 19.2 Å². The molecule has 2 aliphatic rings. The highest BCUT2D eigenvalue weighted by Crippen LogP contribution is 2.44. The smallest absolute Gasteiger partial charge is 0.337 e. The third kappa shape index (κ3) is 4.14. The lowest BCUT2D eigenvalue weighted by Crippen LogP contribution is -2.44. The highest BCUT2D eigenvalue weighted by Gasteiger charge is 2.43. The number of carbonyl (C=O) groups excluding carboxylic acids is 2. The maximum absolute atomic E-state index is 13.7. The topological polar surface area (TPSA) is 73.9 Å². The third-order valence-corrected chi connectivity index (χ3v) is 7.30. The number of hydrogen-bond acceptors (Lipinski definition) is 5. The van der Waals surface area contributed by atoms with Crippen molar-refractivity contribution in [3.05, 3.63) is 94.5 Å². The first-order valence-electron chi connectivity index (χ1n) is 11.8. The van der Waals surface area contributed by atoms with Gasteiger partial charge in [0.15, 0.2) is 0 Å². The van der Waals surface area contributed by atoms with Crippen molar-refractivity contribution in [3.63, 3.8) is 0 Å². The molecule has 6 heteroatoms. The zero-order valence-electron chi connectivity index (χ0n) is 20.2. The Morgan fingerprint density at radius 1 is 1.03 bits per heavy atom. The van der Waals surface area contributed by atoms with Crippen LogP contribution in [0.1, 0.15) is 64.5 Å². The molecule has 0 saturated carbocycles. The van der Waals surface area contributed by atoms with Gasteiger partial charge in [0.25, 0.3) is 0 Å². The van der Waals surface area contributed by atoms with Crippen LogP contribution >= 0.6 is 0 Å². The van der Waals surface area contributed by atoms with Crippen molar-refractivity contribution < 1.29 is 23.8 Å². The van der Waals surface area contributed by atoms with Gasteiger partial charge in [-0.2, -0.15) is 0 Å². The molecule has 0 unspecified atom stereocenters. The Morgan fingerprint density at radius 3 is 2.66 bits per heavy atom. The highest BCUT2D eigenvalue weighted by molar-refractivity contribution is 5.90. The van der Waals surface area contributed by atoms with Crippen LogP contribution in [0.15, 0.2) is 66.7 Å². The third-order valence-electron chi connectivity index (χ3n) is 7.30. The molecule has 1 amide bonds. The molecule has 3 aromatic rings. The average Bonchev–Trinajstić information content (AvgIpc) is 3.25. The maximum Gasteiger partial charge on any atom is 0.337 e. The van der Waals surface area contributed by atoms with E-state index in [1.165, 1.54) is 7.11 Å². The molecule has 0 saturated heterocycles. The Bertz CT molecular complexity index is 1290. The van der Waals surface area contributed by atoms with Gasteiger partial charge in [0.1, 0.15) is 17.6 Å². The number of rotatable bonds is 5. The summed E-state index contributed by atoms with van der Waals surface area (Å²) >= 11 is 0. The molecule has 0 spiro atoms. The molecule has 180 valence electrons. The minimum absolute atomic E-state index is 0.00480. The number of aryl methyl sites for hydroxylation is 1. The number of esters is 1. The number of amides is 1. The van der Waals surface area contributed by atoms with Crippen LogP contribution in [0.2, 0.25) is 0 Å². The Kier molecular flexibility index (Phi) is 5.97. The van der Waals surface area contributed by atoms with Gasteiger partial charge >= 0.3 is 5.97 Å². The molecule has 1 aliphatic heterocycles. The van der Waals surface area contributed by atoms with Crippen LogP contribution < -0.4 is 14.8 Å². The van der Waals surface area contributed by atoms with Gasteiger partial charge in [-0.1, -0.05) is 36.4 Å². The Labute approximate surface area is 205 Å². The summed E-state index contributed by atoms with van der Waals surface area (Å²) in [6, 6.07) is 20.8. The quantitative estimate of drug-likeness (QED) is 0.526. The van der Waals surface area contributed by atoms with E-state index in [0.29, 0.717) is 12.0 Å². The zero-order valence-corrected chi connectivity index (χ0v) is 20.2. The van der Waals surface area contributed by atoms with Crippen molar-refractivity contribution in [3.8, 4) is 11.5 Å². The van der Waals surface area contributed by atoms with Crippen LogP contribution in [0, 0.1) is 0 Å². The summed E-state index contributed by atoms with van der Waals surface area (Å²) in [5, 5.41) is 3.33. The van der Waals surface area contributed by atoms with E-state index in [9.17, 15) is 9.59 Å². The molecule has 1 heterocycles. The largest absolute Gasteiger partial charge is 0.497 e. The van der Waals surface area contributed by atoms with Gasteiger partial charge in [-0.3, -0.25) is 4.79 Å². The summed E-state index contributed by atoms with van der Waals surface area (Å²) < 4.78 is 16.6. The summed E-state index contributed by atoms with van der Waals surface area (Å²) in [5.74, 6) is 1.16. The predicted octanol–water partition coefficient (Wildman–Crippen LogP) is 5.07. The van der Waals surface area contributed by atoms with Gasteiger partial charge in [0.05, 0.1) is 31.2 Å². The molecule has 3 atom stereocenters. The molecule has 1 aliphatic carbocycles. The van der Waals surface area contributed by atoms with E-state index in [2.05, 4.69) is 5.32 Å². The van der Waals surface area contributed by atoms with Gasteiger partial charge in [-0.25, -0.2) is 4.79 Å². The number of ether oxygens (including phenoxy) is 3. The SMILES string of the molecule is COC(=O)c1cccc([C@H]2C[C@@H](NC(=O)[C@]3(C)CCc4cc(OC)ccc43)c3ccccc3O2)c1. The summed E-state index contributed by atoms with van der Waals surface area (Å²) in [7, 11) is 3.02.